The van der Waals surface area contributed by atoms with Crippen molar-refractivity contribution in [3.8, 4) is 0 Å². The first-order valence-electron chi connectivity index (χ1n) is 8.50. The van der Waals surface area contributed by atoms with Gasteiger partial charge in [0.15, 0.2) is 0 Å². The minimum Gasteiger partial charge on any atom is -0.477 e. The highest BCUT2D eigenvalue weighted by Crippen LogP contribution is 2.41. The summed E-state index contributed by atoms with van der Waals surface area (Å²) in [6.45, 7) is 6.05. The fourth-order valence-corrected chi connectivity index (χ4v) is 4.00. The Morgan fingerprint density at radius 3 is 2.71 bits per heavy atom. The van der Waals surface area contributed by atoms with Gasteiger partial charge in [-0.1, -0.05) is 13.8 Å². The summed E-state index contributed by atoms with van der Waals surface area (Å²) in [5.41, 5.74) is 2.68. The molecule has 1 aromatic rings. The Hall–Kier alpha value is -1.56. The minimum atomic E-state index is -2.59. The highest BCUT2D eigenvalue weighted by Gasteiger charge is 2.40. The lowest BCUT2D eigenvalue weighted by Crippen LogP contribution is -2.31. The molecule has 0 radical (unpaired) electrons. The Kier molecular flexibility index (Phi) is 4.14. The quantitative estimate of drug-likeness (QED) is 0.875. The maximum Gasteiger partial charge on any atom is 0.354 e. The van der Waals surface area contributed by atoms with Crippen molar-refractivity contribution in [2.75, 3.05) is 0 Å². The number of alkyl halides is 2. The van der Waals surface area contributed by atoms with Crippen LogP contribution >= 0.6 is 0 Å². The molecule has 1 unspecified atom stereocenters. The molecule has 1 heterocycles. The molecular weight excluding hydrogens is 314 g/mol. The fourth-order valence-electron chi connectivity index (χ4n) is 4.00. The monoisotopic (exact) mass is 338 g/mol. The summed E-state index contributed by atoms with van der Waals surface area (Å²) < 4.78 is 26.8. The van der Waals surface area contributed by atoms with Gasteiger partial charge in [0.25, 0.3) is 0 Å². The lowest BCUT2D eigenvalue weighted by atomic mass is 9.89. The number of halogens is 2. The molecule has 0 bridgehead atoms. The molecule has 1 aromatic heterocycles. The summed E-state index contributed by atoms with van der Waals surface area (Å²) in [6, 6.07) is 1.20. The molecule has 1 fully saturated rings. The molecule has 2 aliphatic rings. The summed E-state index contributed by atoms with van der Waals surface area (Å²) in [6.07, 6.45) is 1.97. The second-order valence-electron chi connectivity index (χ2n) is 7.80. The average molecular weight is 338 g/mol. The molecule has 0 amide bonds. The Morgan fingerprint density at radius 1 is 1.42 bits per heavy atom. The largest absolute Gasteiger partial charge is 0.477 e. The molecule has 3 rings (SSSR count). The number of nitrogens with zero attached hydrogens (tertiary/aromatic N) is 1. The van der Waals surface area contributed by atoms with Crippen molar-refractivity contribution in [2.45, 2.75) is 76.3 Å². The predicted octanol–water partition coefficient (Wildman–Crippen LogP) is 3.84. The van der Waals surface area contributed by atoms with E-state index in [1.54, 1.807) is 6.07 Å². The first kappa shape index (κ1) is 17.3. The number of fused-ring (bicyclic) bond motifs is 1. The smallest absolute Gasteiger partial charge is 0.354 e. The summed E-state index contributed by atoms with van der Waals surface area (Å²) >= 11 is 0. The molecule has 0 saturated heterocycles. The van der Waals surface area contributed by atoms with Crippen LogP contribution in [0, 0.1) is 0 Å². The third-order valence-corrected chi connectivity index (χ3v) is 5.37. The fraction of sp³-hybridized carbons (Fsp3) is 0.667. The van der Waals surface area contributed by atoms with E-state index in [1.807, 2.05) is 6.92 Å². The number of carboxylic acids is 1. The Balaban J connectivity index is 1.91. The molecule has 2 N–H and O–H groups in total. The molecule has 6 heteroatoms. The third-order valence-electron chi connectivity index (χ3n) is 5.37. The first-order chi connectivity index (χ1) is 11.1. The van der Waals surface area contributed by atoms with Crippen molar-refractivity contribution in [2.24, 2.45) is 0 Å². The number of carboxylic acid groups (broad SMARTS) is 1. The Labute approximate surface area is 140 Å². The number of carbonyl (C=O) groups is 1. The lowest BCUT2D eigenvalue weighted by molar-refractivity contribution is 0.00663. The maximum atomic E-state index is 13.4. The van der Waals surface area contributed by atoms with Crippen LogP contribution < -0.4 is 5.32 Å². The lowest BCUT2D eigenvalue weighted by Gasteiger charge is -2.24. The number of aromatic nitrogens is 1. The molecule has 0 aliphatic heterocycles. The van der Waals surface area contributed by atoms with Crippen LogP contribution in [-0.2, 0) is 11.8 Å². The van der Waals surface area contributed by atoms with Gasteiger partial charge in [-0.3, -0.25) is 0 Å². The van der Waals surface area contributed by atoms with Crippen molar-refractivity contribution in [1.29, 1.82) is 0 Å². The van der Waals surface area contributed by atoms with Gasteiger partial charge < -0.3 is 10.4 Å². The van der Waals surface area contributed by atoms with Crippen LogP contribution in [0.25, 0.3) is 0 Å². The van der Waals surface area contributed by atoms with Crippen molar-refractivity contribution in [3.63, 3.8) is 0 Å². The van der Waals surface area contributed by atoms with E-state index >= 15 is 0 Å². The number of hydrogen-bond donors (Lipinski definition) is 2. The van der Waals surface area contributed by atoms with Crippen LogP contribution in [0.5, 0.6) is 0 Å². The highest BCUT2D eigenvalue weighted by atomic mass is 19.3. The van der Waals surface area contributed by atoms with Gasteiger partial charge in [0.2, 0.25) is 5.92 Å². The Morgan fingerprint density at radius 2 is 2.12 bits per heavy atom. The summed E-state index contributed by atoms with van der Waals surface area (Å²) in [4.78, 5) is 15.8. The molecule has 2 atom stereocenters. The average Bonchev–Trinajstić information content (AvgIpc) is 2.97. The zero-order valence-electron chi connectivity index (χ0n) is 14.3. The van der Waals surface area contributed by atoms with Crippen LogP contribution in [0.2, 0.25) is 0 Å². The maximum absolute atomic E-state index is 13.4. The highest BCUT2D eigenvalue weighted by molar-refractivity contribution is 5.86. The number of rotatable bonds is 4. The van der Waals surface area contributed by atoms with Gasteiger partial charge in [0.05, 0.1) is 5.69 Å². The normalized spacial score (nSPS) is 25.5. The van der Waals surface area contributed by atoms with Crippen LogP contribution in [0.1, 0.15) is 79.8 Å². The van der Waals surface area contributed by atoms with E-state index in [2.05, 4.69) is 24.1 Å². The SMILES string of the molecule is CC(N[C@@H]1CCC(F)(F)C1)c1cc(C(=O)O)nc2c1CCC2(C)C. The van der Waals surface area contributed by atoms with Crippen LogP contribution in [0.3, 0.4) is 0 Å². The van der Waals surface area contributed by atoms with Crippen LogP contribution in [0.4, 0.5) is 8.78 Å². The van der Waals surface area contributed by atoms with E-state index in [9.17, 15) is 18.7 Å². The van der Waals surface area contributed by atoms with Gasteiger partial charge in [-0.15, -0.1) is 0 Å². The summed E-state index contributed by atoms with van der Waals surface area (Å²) in [7, 11) is 0. The topological polar surface area (TPSA) is 62.2 Å². The summed E-state index contributed by atoms with van der Waals surface area (Å²) in [5, 5.41) is 12.6. The summed E-state index contributed by atoms with van der Waals surface area (Å²) in [5.74, 6) is -3.65. The Bertz CT molecular complexity index is 673. The van der Waals surface area contributed by atoms with Gasteiger partial charge >= 0.3 is 5.97 Å². The number of pyridine rings is 1. The number of aromatic carboxylic acids is 1. The molecule has 24 heavy (non-hydrogen) atoms. The zero-order chi connectivity index (χ0) is 17.7. The van der Waals surface area contributed by atoms with Crippen molar-refractivity contribution >= 4 is 5.97 Å². The van der Waals surface area contributed by atoms with E-state index in [0.717, 1.165) is 29.7 Å². The van der Waals surface area contributed by atoms with Gasteiger partial charge in [0, 0.05) is 30.3 Å². The van der Waals surface area contributed by atoms with Gasteiger partial charge in [0.1, 0.15) is 5.69 Å². The molecule has 4 nitrogen and oxygen atoms in total. The van der Waals surface area contributed by atoms with E-state index in [1.165, 1.54) is 0 Å². The van der Waals surface area contributed by atoms with E-state index in [-0.39, 0.29) is 36.0 Å². The molecule has 132 valence electrons. The number of hydrogen-bond acceptors (Lipinski definition) is 3. The van der Waals surface area contributed by atoms with E-state index < -0.39 is 11.9 Å². The van der Waals surface area contributed by atoms with Gasteiger partial charge in [-0.2, -0.15) is 0 Å². The van der Waals surface area contributed by atoms with Crippen LogP contribution in [-0.4, -0.2) is 28.0 Å². The first-order valence-corrected chi connectivity index (χ1v) is 8.50. The van der Waals surface area contributed by atoms with Crippen molar-refractivity contribution in [3.05, 3.63) is 28.6 Å². The van der Waals surface area contributed by atoms with Crippen LogP contribution in [0.15, 0.2) is 6.07 Å². The molecule has 0 aromatic carbocycles. The van der Waals surface area contributed by atoms with E-state index in [4.69, 9.17) is 0 Å². The second kappa shape index (κ2) is 5.76. The molecular formula is C18H24F2N2O2. The molecule has 1 saturated carbocycles. The van der Waals surface area contributed by atoms with E-state index in [0.29, 0.717) is 6.42 Å². The standard InChI is InChI=1S/C18H24F2N2O2/c1-10(21-11-4-7-18(19,20)9-11)13-8-14(16(23)24)22-15-12(13)5-6-17(15,2)3/h8,10-11,21H,4-7,9H2,1-3H3,(H,23,24)/t10?,11-/m1/s1. The second-order valence-corrected chi connectivity index (χ2v) is 7.80. The van der Waals surface area contributed by atoms with Crippen molar-refractivity contribution in [1.82, 2.24) is 10.3 Å². The third kappa shape index (κ3) is 3.16. The predicted molar refractivity (Wildman–Crippen MR) is 86.7 cm³/mol. The minimum absolute atomic E-state index is 0.0316. The van der Waals surface area contributed by atoms with Crippen molar-refractivity contribution < 1.29 is 18.7 Å². The number of nitrogens with one attached hydrogen (secondary N) is 1. The zero-order valence-corrected chi connectivity index (χ0v) is 14.3. The molecule has 0 spiro atoms. The van der Waals surface area contributed by atoms with Gasteiger partial charge in [-0.25, -0.2) is 18.6 Å². The molecule has 2 aliphatic carbocycles. The van der Waals surface area contributed by atoms with Gasteiger partial charge in [-0.05, 0) is 43.4 Å².